The van der Waals surface area contributed by atoms with E-state index in [4.69, 9.17) is 16.3 Å². The van der Waals surface area contributed by atoms with E-state index in [1.54, 1.807) is 0 Å². The number of hydrogen-bond donors (Lipinski definition) is 1. The van der Waals surface area contributed by atoms with Crippen LogP contribution in [0.1, 0.15) is 12.8 Å². The van der Waals surface area contributed by atoms with E-state index in [1.165, 1.54) is 0 Å². The molecule has 0 bridgehead atoms. The Labute approximate surface area is 79.7 Å². The first-order valence-electron chi connectivity index (χ1n) is 4.75. The van der Waals surface area contributed by atoms with Gasteiger partial charge in [0.05, 0.1) is 19.3 Å². The van der Waals surface area contributed by atoms with Crippen LogP contribution in [0.3, 0.4) is 0 Å². The smallest absolute Gasteiger partial charge is 0.0932 e. The van der Waals surface area contributed by atoms with Gasteiger partial charge in [0, 0.05) is 19.5 Å². The molecule has 1 saturated heterocycles. The summed E-state index contributed by atoms with van der Waals surface area (Å²) < 4.78 is 5.33. The summed E-state index contributed by atoms with van der Waals surface area (Å²) in [5, 5.41) is 8.90. The van der Waals surface area contributed by atoms with E-state index in [2.05, 4.69) is 10.8 Å². The quantitative estimate of drug-likeness (QED) is 0.495. The van der Waals surface area contributed by atoms with Crippen LogP contribution in [-0.4, -0.2) is 49.0 Å². The van der Waals surface area contributed by atoms with E-state index in [1.807, 2.05) is 0 Å². The topological polar surface area (TPSA) is 32.7 Å². The Hall–Kier alpha value is -0.560. The minimum atomic E-state index is -0.000384. The molecule has 1 heterocycles. The fourth-order valence-corrected chi connectivity index (χ4v) is 1.50. The number of ether oxygens (including phenoxy) is 1. The molecule has 1 N–H and O–H groups in total. The van der Waals surface area contributed by atoms with Gasteiger partial charge in [0.2, 0.25) is 0 Å². The molecule has 0 aliphatic carbocycles. The molecule has 74 valence electrons. The average Bonchev–Trinajstić information content (AvgIpc) is 2.19. The van der Waals surface area contributed by atoms with E-state index >= 15 is 0 Å². The number of terminal acetylenes is 1. The fourth-order valence-electron chi connectivity index (χ4n) is 1.50. The minimum absolute atomic E-state index is 0.000384. The number of nitrogens with zero attached hydrogens (tertiary/aromatic N) is 1. The van der Waals surface area contributed by atoms with Gasteiger partial charge in [-0.3, -0.25) is 4.90 Å². The molecule has 0 aromatic heterocycles. The van der Waals surface area contributed by atoms with Crippen LogP contribution in [0.15, 0.2) is 0 Å². The highest BCUT2D eigenvalue weighted by atomic mass is 16.5. The Balaban J connectivity index is 2.15. The monoisotopic (exact) mass is 183 g/mol. The average molecular weight is 183 g/mol. The van der Waals surface area contributed by atoms with Crippen LogP contribution in [0.25, 0.3) is 0 Å². The minimum Gasteiger partial charge on any atom is -0.394 e. The lowest BCUT2D eigenvalue weighted by molar-refractivity contribution is -0.0527. The summed E-state index contributed by atoms with van der Waals surface area (Å²) in [7, 11) is 0. The van der Waals surface area contributed by atoms with E-state index < -0.39 is 0 Å². The summed E-state index contributed by atoms with van der Waals surface area (Å²) in [6, 6.07) is 0. The SMILES string of the molecule is C#CCCCN1CCOC(CO)C1. The first kappa shape index (κ1) is 10.5. The molecule has 3 heteroatoms. The van der Waals surface area contributed by atoms with E-state index in [9.17, 15) is 0 Å². The number of morpholine rings is 1. The van der Waals surface area contributed by atoms with Gasteiger partial charge in [-0.1, -0.05) is 0 Å². The van der Waals surface area contributed by atoms with Gasteiger partial charge in [-0.15, -0.1) is 12.3 Å². The number of aliphatic hydroxyl groups is 1. The van der Waals surface area contributed by atoms with Crippen molar-refractivity contribution in [3.05, 3.63) is 0 Å². The number of unbranched alkanes of at least 4 members (excludes halogenated alkanes) is 1. The van der Waals surface area contributed by atoms with Crippen LogP contribution >= 0.6 is 0 Å². The van der Waals surface area contributed by atoms with Crippen molar-refractivity contribution in [1.29, 1.82) is 0 Å². The Kier molecular flexibility index (Phi) is 4.84. The second-order valence-corrected chi connectivity index (χ2v) is 3.28. The number of aliphatic hydroxyl groups excluding tert-OH is 1. The molecule has 1 unspecified atom stereocenters. The molecule has 0 spiro atoms. The Bertz CT molecular complexity index is 176. The molecule has 0 amide bonds. The third kappa shape index (κ3) is 3.77. The van der Waals surface area contributed by atoms with Crippen LogP contribution in [-0.2, 0) is 4.74 Å². The maximum atomic E-state index is 8.90. The van der Waals surface area contributed by atoms with Crippen molar-refractivity contribution in [1.82, 2.24) is 4.90 Å². The van der Waals surface area contributed by atoms with Crippen LogP contribution in [0.4, 0.5) is 0 Å². The van der Waals surface area contributed by atoms with Crippen LogP contribution in [0.2, 0.25) is 0 Å². The first-order valence-corrected chi connectivity index (χ1v) is 4.75. The highest BCUT2D eigenvalue weighted by Crippen LogP contribution is 2.05. The maximum Gasteiger partial charge on any atom is 0.0932 e. The van der Waals surface area contributed by atoms with Crippen molar-refractivity contribution in [3.8, 4) is 12.3 Å². The lowest BCUT2D eigenvalue weighted by Gasteiger charge is -2.31. The molecule has 3 nitrogen and oxygen atoms in total. The van der Waals surface area contributed by atoms with Crippen LogP contribution in [0, 0.1) is 12.3 Å². The third-order valence-electron chi connectivity index (χ3n) is 2.22. The van der Waals surface area contributed by atoms with E-state index in [0.717, 1.165) is 39.1 Å². The fraction of sp³-hybridized carbons (Fsp3) is 0.800. The molecule has 1 atom stereocenters. The van der Waals surface area contributed by atoms with Gasteiger partial charge >= 0.3 is 0 Å². The Morgan fingerprint density at radius 3 is 3.15 bits per heavy atom. The maximum absolute atomic E-state index is 8.90. The summed E-state index contributed by atoms with van der Waals surface area (Å²) in [4.78, 5) is 2.29. The van der Waals surface area contributed by atoms with Crippen LogP contribution < -0.4 is 0 Å². The number of hydrogen-bond acceptors (Lipinski definition) is 3. The molecule has 0 aromatic carbocycles. The Morgan fingerprint density at radius 1 is 1.62 bits per heavy atom. The zero-order chi connectivity index (χ0) is 9.52. The van der Waals surface area contributed by atoms with Gasteiger partial charge in [-0.05, 0) is 13.0 Å². The third-order valence-corrected chi connectivity index (χ3v) is 2.22. The molecular weight excluding hydrogens is 166 g/mol. The first-order chi connectivity index (χ1) is 6.36. The van der Waals surface area contributed by atoms with Crippen molar-refractivity contribution in [3.63, 3.8) is 0 Å². The predicted octanol–water partition coefficient (Wildman–Crippen LogP) is 0.0929. The lowest BCUT2D eigenvalue weighted by Crippen LogP contribution is -2.44. The molecule has 1 aliphatic rings. The van der Waals surface area contributed by atoms with Gasteiger partial charge in [-0.2, -0.15) is 0 Å². The Morgan fingerprint density at radius 2 is 2.46 bits per heavy atom. The van der Waals surface area contributed by atoms with E-state index in [-0.39, 0.29) is 12.7 Å². The second kappa shape index (κ2) is 5.98. The van der Waals surface area contributed by atoms with Crippen molar-refractivity contribution >= 4 is 0 Å². The van der Waals surface area contributed by atoms with Crippen LogP contribution in [0.5, 0.6) is 0 Å². The lowest BCUT2D eigenvalue weighted by atomic mass is 10.2. The van der Waals surface area contributed by atoms with Crippen molar-refractivity contribution < 1.29 is 9.84 Å². The van der Waals surface area contributed by atoms with Gasteiger partial charge in [0.15, 0.2) is 0 Å². The zero-order valence-corrected chi connectivity index (χ0v) is 7.91. The van der Waals surface area contributed by atoms with E-state index in [0.29, 0.717) is 0 Å². The highest BCUT2D eigenvalue weighted by molar-refractivity contribution is 4.83. The standard InChI is InChI=1S/C10H17NO2/c1-2-3-4-5-11-6-7-13-10(8-11)9-12/h1,10,12H,3-9H2. The highest BCUT2D eigenvalue weighted by Gasteiger charge is 2.18. The van der Waals surface area contributed by atoms with Gasteiger partial charge in [0.25, 0.3) is 0 Å². The summed E-state index contributed by atoms with van der Waals surface area (Å²) >= 11 is 0. The van der Waals surface area contributed by atoms with Crippen molar-refractivity contribution in [2.24, 2.45) is 0 Å². The summed E-state index contributed by atoms with van der Waals surface area (Å²) in [5.74, 6) is 2.63. The molecule has 0 saturated carbocycles. The van der Waals surface area contributed by atoms with Gasteiger partial charge in [-0.25, -0.2) is 0 Å². The molecule has 1 rings (SSSR count). The predicted molar refractivity (Wildman–Crippen MR) is 51.3 cm³/mol. The normalized spacial score (nSPS) is 24.2. The largest absolute Gasteiger partial charge is 0.394 e. The van der Waals surface area contributed by atoms with Crippen molar-refractivity contribution in [2.75, 3.05) is 32.8 Å². The molecule has 1 aliphatic heterocycles. The van der Waals surface area contributed by atoms with Gasteiger partial charge < -0.3 is 9.84 Å². The zero-order valence-electron chi connectivity index (χ0n) is 7.91. The molecule has 0 aromatic rings. The van der Waals surface area contributed by atoms with Gasteiger partial charge in [0.1, 0.15) is 0 Å². The van der Waals surface area contributed by atoms with Crippen molar-refractivity contribution in [2.45, 2.75) is 18.9 Å². The molecule has 0 radical (unpaired) electrons. The second-order valence-electron chi connectivity index (χ2n) is 3.28. The number of rotatable bonds is 4. The summed E-state index contributed by atoms with van der Waals surface area (Å²) in [6.07, 6.45) is 7.03. The molecular formula is C10H17NO2. The molecule has 13 heavy (non-hydrogen) atoms. The molecule has 1 fully saturated rings. The summed E-state index contributed by atoms with van der Waals surface area (Å²) in [5.41, 5.74) is 0. The summed E-state index contributed by atoms with van der Waals surface area (Å²) in [6.45, 7) is 3.65.